The molecule has 0 atom stereocenters. The number of aliphatic imine (C=N–C) groups is 1. The zero-order valence-electron chi connectivity index (χ0n) is 7.34. The van der Waals surface area contributed by atoms with Crippen molar-refractivity contribution >= 4 is 18.4 Å². The van der Waals surface area contributed by atoms with Gasteiger partial charge in [0.05, 0.1) is 0 Å². The number of urea groups is 1. The molecule has 0 unspecified atom stereocenters. The minimum Gasteiger partial charge on any atom is -0.340 e. The lowest BCUT2D eigenvalue weighted by Gasteiger charge is -2.10. The summed E-state index contributed by atoms with van der Waals surface area (Å²) in [6, 6.07) is -0.422. The van der Waals surface area contributed by atoms with Crippen molar-refractivity contribution in [1.82, 2.24) is 27.0 Å². The van der Waals surface area contributed by atoms with Crippen molar-refractivity contribution in [3.8, 4) is 0 Å². The van der Waals surface area contributed by atoms with E-state index in [1.54, 1.807) is 0 Å². The highest BCUT2D eigenvalue weighted by Gasteiger charge is 1.97. The molecule has 74 valence electrons. The number of hydrogen-bond acceptors (Lipinski definition) is 3. The molecule has 8 heteroatoms. The van der Waals surface area contributed by atoms with Gasteiger partial charge in [0.1, 0.15) is 0 Å². The first-order chi connectivity index (χ1) is 6.24. The topological polar surface area (TPSA) is 107 Å². The van der Waals surface area contributed by atoms with Crippen LogP contribution in [0.5, 0.6) is 0 Å². The van der Waals surface area contributed by atoms with Crippen LogP contribution >= 0.6 is 0 Å². The number of carbonyl (C=O) groups excluding carboxylic acids is 2. The molecular weight excluding hydrogens is 176 g/mol. The molecule has 5 N–H and O–H groups in total. The number of hydrogen-bond donors (Lipinski definition) is 5. The molecular formula is C5H12N6O2. The molecule has 0 aliphatic carbocycles. The van der Waals surface area contributed by atoms with Crippen LogP contribution in [0.25, 0.3) is 0 Å². The molecule has 0 saturated heterocycles. The third kappa shape index (κ3) is 5.30. The smallest absolute Gasteiger partial charge is 0.333 e. The molecule has 0 aliphatic heterocycles. The molecule has 0 bridgehead atoms. The molecule has 0 heterocycles. The van der Waals surface area contributed by atoms with Crippen LogP contribution in [0.15, 0.2) is 4.99 Å². The minimum absolute atomic E-state index is 0.204. The fourth-order valence-corrected chi connectivity index (χ4v) is 0.419. The Morgan fingerprint density at radius 2 is 2.00 bits per heavy atom. The van der Waals surface area contributed by atoms with Crippen molar-refractivity contribution in [2.24, 2.45) is 4.99 Å². The maximum absolute atomic E-state index is 10.6. The number of guanidine groups is 1. The summed E-state index contributed by atoms with van der Waals surface area (Å²) >= 11 is 0. The monoisotopic (exact) mass is 188 g/mol. The highest BCUT2D eigenvalue weighted by molar-refractivity contribution is 5.83. The van der Waals surface area contributed by atoms with Crippen LogP contribution in [0, 0.1) is 0 Å². The molecule has 0 spiro atoms. The second-order valence-corrected chi connectivity index (χ2v) is 1.79. The Bertz CT molecular complexity index is 203. The summed E-state index contributed by atoms with van der Waals surface area (Å²) in [6.45, 7) is 0. The number of nitrogens with zero attached hydrogens (tertiary/aromatic N) is 1. The van der Waals surface area contributed by atoms with Crippen molar-refractivity contribution in [2.75, 3.05) is 14.1 Å². The summed E-state index contributed by atoms with van der Waals surface area (Å²) in [5, 5.41) is 2.32. The molecule has 8 nitrogen and oxygen atoms in total. The van der Waals surface area contributed by atoms with Gasteiger partial charge in [-0.25, -0.2) is 10.2 Å². The average molecular weight is 188 g/mol. The van der Waals surface area contributed by atoms with Gasteiger partial charge in [0.15, 0.2) is 0 Å². The Hall–Kier alpha value is -1.99. The highest BCUT2D eigenvalue weighted by atomic mass is 16.2. The number of amides is 3. The third-order valence-electron chi connectivity index (χ3n) is 0.995. The quantitative estimate of drug-likeness (QED) is 0.145. The Labute approximate surface area is 75.1 Å². The molecule has 0 aromatic heterocycles. The highest BCUT2D eigenvalue weighted by Crippen LogP contribution is 1.60. The summed E-state index contributed by atoms with van der Waals surface area (Å²) in [5.41, 5.74) is 9.18. The fraction of sp³-hybridized carbons (Fsp3) is 0.400. The van der Waals surface area contributed by atoms with E-state index >= 15 is 0 Å². The van der Waals surface area contributed by atoms with Crippen LogP contribution in [0.2, 0.25) is 0 Å². The molecule has 0 aliphatic rings. The number of hydrazine groups is 2. The van der Waals surface area contributed by atoms with Crippen molar-refractivity contribution < 1.29 is 9.59 Å². The van der Waals surface area contributed by atoms with Gasteiger partial charge in [-0.3, -0.25) is 26.1 Å². The standard InChI is InChI=1S/C5H12N6O2/c1-6-4(9-8-3-12)10-11-5(13)7-2/h3H,1-2H3,(H,8,12)(H2,6,9,10)(H2,7,11,13). The van der Waals surface area contributed by atoms with Gasteiger partial charge in [0, 0.05) is 14.1 Å². The number of rotatable bonds is 2. The van der Waals surface area contributed by atoms with Crippen molar-refractivity contribution in [3.63, 3.8) is 0 Å². The molecule has 0 saturated carbocycles. The van der Waals surface area contributed by atoms with Gasteiger partial charge in [0.2, 0.25) is 12.4 Å². The fourth-order valence-electron chi connectivity index (χ4n) is 0.419. The maximum atomic E-state index is 10.6. The van der Waals surface area contributed by atoms with E-state index < -0.39 is 6.03 Å². The van der Waals surface area contributed by atoms with E-state index in [4.69, 9.17) is 0 Å². The Kier molecular flexibility index (Phi) is 5.68. The van der Waals surface area contributed by atoms with Crippen LogP contribution in [0.3, 0.4) is 0 Å². The van der Waals surface area contributed by atoms with E-state index in [0.717, 1.165) is 0 Å². The molecule has 13 heavy (non-hydrogen) atoms. The van der Waals surface area contributed by atoms with Crippen molar-refractivity contribution in [1.29, 1.82) is 0 Å². The van der Waals surface area contributed by atoms with E-state index in [1.807, 2.05) is 0 Å². The first kappa shape index (κ1) is 11.0. The van der Waals surface area contributed by atoms with E-state index in [2.05, 4.69) is 32.0 Å². The largest absolute Gasteiger partial charge is 0.340 e. The first-order valence-electron chi connectivity index (χ1n) is 3.40. The van der Waals surface area contributed by atoms with Crippen LogP contribution < -0.4 is 27.0 Å². The third-order valence-corrected chi connectivity index (χ3v) is 0.995. The van der Waals surface area contributed by atoms with Gasteiger partial charge in [-0.1, -0.05) is 0 Å². The van der Waals surface area contributed by atoms with E-state index in [-0.39, 0.29) is 5.96 Å². The van der Waals surface area contributed by atoms with E-state index in [9.17, 15) is 9.59 Å². The lowest BCUT2D eigenvalue weighted by molar-refractivity contribution is -0.110. The Morgan fingerprint density at radius 1 is 1.31 bits per heavy atom. The molecule has 0 rings (SSSR count). The summed E-state index contributed by atoms with van der Waals surface area (Å²) in [7, 11) is 2.95. The molecule has 0 radical (unpaired) electrons. The zero-order chi connectivity index (χ0) is 10.1. The van der Waals surface area contributed by atoms with Gasteiger partial charge in [0.25, 0.3) is 0 Å². The lowest BCUT2D eigenvalue weighted by Crippen LogP contribution is -2.53. The maximum Gasteiger partial charge on any atom is 0.333 e. The summed E-state index contributed by atoms with van der Waals surface area (Å²) in [4.78, 5) is 24.2. The summed E-state index contributed by atoms with van der Waals surface area (Å²) in [6.07, 6.45) is 0.437. The molecule has 3 amide bonds. The van der Waals surface area contributed by atoms with Crippen molar-refractivity contribution in [2.45, 2.75) is 0 Å². The van der Waals surface area contributed by atoms with Crippen molar-refractivity contribution in [3.05, 3.63) is 0 Å². The summed E-state index contributed by atoms with van der Waals surface area (Å²) < 4.78 is 0. The normalized spacial score (nSPS) is 9.85. The number of carbonyl (C=O) groups is 2. The van der Waals surface area contributed by atoms with Crippen LogP contribution in [0.1, 0.15) is 0 Å². The zero-order valence-corrected chi connectivity index (χ0v) is 7.34. The second-order valence-electron chi connectivity index (χ2n) is 1.79. The van der Waals surface area contributed by atoms with E-state index in [1.165, 1.54) is 14.1 Å². The Morgan fingerprint density at radius 3 is 2.46 bits per heavy atom. The van der Waals surface area contributed by atoms with Crippen LogP contribution in [-0.2, 0) is 4.79 Å². The van der Waals surface area contributed by atoms with Gasteiger partial charge in [-0.05, 0) is 0 Å². The second kappa shape index (κ2) is 6.70. The number of nitrogens with one attached hydrogen (secondary N) is 5. The SMILES string of the molecule is CN=C(NNC=O)NNC(=O)NC. The lowest BCUT2D eigenvalue weighted by atomic mass is 10.9. The van der Waals surface area contributed by atoms with Gasteiger partial charge in [-0.15, -0.1) is 0 Å². The Balaban J connectivity index is 3.73. The van der Waals surface area contributed by atoms with Crippen LogP contribution in [-0.4, -0.2) is 32.5 Å². The van der Waals surface area contributed by atoms with Crippen LogP contribution in [0.4, 0.5) is 4.79 Å². The summed E-state index contributed by atoms with van der Waals surface area (Å²) in [5.74, 6) is 0.204. The average Bonchev–Trinajstić information content (AvgIpc) is 2.17. The molecule has 0 aromatic rings. The minimum atomic E-state index is -0.422. The van der Waals surface area contributed by atoms with Gasteiger partial charge >= 0.3 is 6.03 Å². The predicted octanol–water partition coefficient (Wildman–Crippen LogP) is -2.34. The van der Waals surface area contributed by atoms with Gasteiger partial charge < -0.3 is 5.32 Å². The van der Waals surface area contributed by atoms with Gasteiger partial charge in [-0.2, -0.15) is 0 Å². The first-order valence-corrected chi connectivity index (χ1v) is 3.40. The molecule has 0 aromatic carbocycles. The molecule has 0 fully saturated rings. The van der Waals surface area contributed by atoms with E-state index in [0.29, 0.717) is 6.41 Å². The predicted molar refractivity (Wildman–Crippen MR) is 46.4 cm³/mol.